The molecule has 18 heavy (non-hydrogen) atoms. The highest BCUT2D eigenvalue weighted by atomic mass is 79.9. The number of aryl methyl sites for hydroxylation is 1. The van der Waals surface area contributed by atoms with Crippen LogP contribution in [0.25, 0.3) is 0 Å². The minimum Gasteiger partial charge on any atom is -0.496 e. The van der Waals surface area contributed by atoms with Crippen LogP contribution in [0.5, 0.6) is 5.75 Å². The van der Waals surface area contributed by atoms with Crippen molar-refractivity contribution in [1.82, 2.24) is 5.32 Å². The first-order valence-corrected chi connectivity index (χ1v) is 6.57. The predicted molar refractivity (Wildman–Crippen MR) is 74.7 cm³/mol. The van der Waals surface area contributed by atoms with Gasteiger partial charge in [-0.2, -0.15) is 0 Å². The largest absolute Gasteiger partial charge is 0.496 e. The molecule has 0 unspecified atom stereocenters. The summed E-state index contributed by atoms with van der Waals surface area (Å²) in [6.07, 6.45) is 0. The Labute approximate surface area is 115 Å². The van der Waals surface area contributed by atoms with Crippen LogP contribution in [0.1, 0.15) is 17.1 Å². The van der Waals surface area contributed by atoms with Crippen molar-refractivity contribution < 1.29 is 9.15 Å². The maximum absolute atomic E-state index is 5.50. The Hall–Kier alpha value is -1.26. The summed E-state index contributed by atoms with van der Waals surface area (Å²) in [5.41, 5.74) is 1.12. The number of hydrogen-bond donors (Lipinski definition) is 1. The van der Waals surface area contributed by atoms with Crippen LogP contribution in [0.3, 0.4) is 0 Å². The van der Waals surface area contributed by atoms with Gasteiger partial charge in [-0.3, -0.25) is 0 Å². The SMILES string of the molecule is COc1ccc(Br)cc1CNCc1ccc(C)o1. The van der Waals surface area contributed by atoms with E-state index in [1.165, 1.54) is 0 Å². The monoisotopic (exact) mass is 309 g/mol. The van der Waals surface area contributed by atoms with Gasteiger partial charge in [0.05, 0.1) is 13.7 Å². The molecule has 0 atom stereocenters. The van der Waals surface area contributed by atoms with Crippen LogP contribution in [0.15, 0.2) is 39.2 Å². The standard InChI is InChI=1S/C14H16BrNO2/c1-10-3-5-13(18-10)9-16-8-11-7-12(15)4-6-14(11)17-2/h3-7,16H,8-9H2,1-2H3. The number of methoxy groups -OCH3 is 1. The summed E-state index contributed by atoms with van der Waals surface area (Å²) in [6, 6.07) is 9.94. The van der Waals surface area contributed by atoms with Gasteiger partial charge >= 0.3 is 0 Å². The van der Waals surface area contributed by atoms with Crippen molar-refractivity contribution in [1.29, 1.82) is 0 Å². The molecule has 1 aromatic carbocycles. The van der Waals surface area contributed by atoms with Gasteiger partial charge in [-0.1, -0.05) is 15.9 Å². The lowest BCUT2D eigenvalue weighted by atomic mass is 10.2. The first kappa shape index (κ1) is 13.2. The molecule has 0 amide bonds. The minimum absolute atomic E-state index is 0.712. The van der Waals surface area contributed by atoms with Gasteiger partial charge in [-0.05, 0) is 37.3 Å². The molecular formula is C14H16BrNO2. The molecule has 4 heteroatoms. The molecule has 0 radical (unpaired) electrons. The summed E-state index contributed by atoms with van der Waals surface area (Å²) in [7, 11) is 1.68. The number of nitrogens with one attached hydrogen (secondary N) is 1. The molecule has 0 saturated carbocycles. The molecule has 0 aliphatic rings. The molecule has 0 saturated heterocycles. The average molecular weight is 310 g/mol. The lowest BCUT2D eigenvalue weighted by Gasteiger charge is -2.09. The van der Waals surface area contributed by atoms with Crippen LogP contribution in [0, 0.1) is 6.92 Å². The molecule has 0 fully saturated rings. The van der Waals surface area contributed by atoms with E-state index >= 15 is 0 Å². The number of rotatable bonds is 5. The summed E-state index contributed by atoms with van der Waals surface area (Å²) >= 11 is 3.46. The second-order valence-electron chi connectivity index (χ2n) is 4.07. The van der Waals surface area contributed by atoms with Crippen molar-refractivity contribution >= 4 is 15.9 Å². The summed E-state index contributed by atoms with van der Waals surface area (Å²) in [5, 5.41) is 3.34. The Morgan fingerprint density at radius 1 is 1.22 bits per heavy atom. The fourth-order valence-electron chi connectivity index (χ4n) is 1.79. The lowest BCUT2D eigenvalue weighted by Crippen LogP contribution is -2.12. The number of hydrogen-bond acceptors (Lipinski definition) is 3. The second-order valence-corrected chi connectivity index (χ2v) is 4.99. The van der Waals surface area contributed by atoms with Crippen LogP contribution in [-0.2, 0) is 13.1 Å². The fourth-order valence-corrected chi connectivity index (χ4v) is 2.19. The molecule has 1 aromatic heterocycles. The van der Waals surface area contributed by atoms with Gasteiger partial charge < -0.3 is 14.5 Å². The van der Waals surface area contributed by atoms with Gasteiger partial charge in [-0.15, -0.1) is 0 Å². The Kier molecular flexibility index (Phi) is 4.44. The van der Waals surface area contributed by atoms with Crippen molar-refractivity contribution in [3.63, 3.8) is 0 Å². The topological polar surface area (TPSA) is 34.4 Å². The van der Waals surface area contributed by atoms with Gasteiger partial charge in [-0.25, -0.2) is 0 Å². The first-order chi connectivity index (χ1) is 8.69. The van der Waals surface area contributed by atoms with Crippen LogP contribution >= 0.6 is 15.9 Å². The zero-order chi connectivity index (χ0) is 13.0. The molecule has 2 rings (SSSR count). The molecule has 0 aliphatic heterocycles. The van der Waals surface area contributed by atoms with E-state index in [1.807, 2.05) is 31.2 Å². The maximum Gasteiger partial charge on any atom is 0.123 e. The van der Waals surface area contributed by atoms with E-state index in [4.69, 9.17) is 9.15 Å². The van der Waals surface area contributed by atoms with Crippen LogP contribution in [0.2, 0.25) is 0 Å². The van der Waals surface area contributed by atoms with Gasteiger partial charge in [0.2, 0.25) is 0 Å². The Morgan fingerprint density at radius 3 is 2.72 bits per heavy atom. The Bertz CT molecular complexity index is 522. The lowest BCUT2D eigenvalue weighted by molar-refractivity contribution is 0.405. The van der Waals surface area contributed by atoms with Crippen LogP contribution in [0.4, 0.5) is 0 Å². The first-order valence-electron chi connectivity index (χ1n) is 5.77. The molecule has 1 N–H and O–H groups in total. The minimum atomic E-state index is 0.712. The molecule has 0 spiro atoms. The van der Waals surface area contributed by atoms with E-state index in [9.17, 15) is 0 Å². The van der Waals surface area contributed by atoms with Crippen molar-refractivity contribution in [3.8, 4) is 5.75 Å². The quantitative estimate of drug-likeness (QED) is 0.915. The van der Waals surface area contributed by atoms with Gasteiger partial charge in [0.15, 0.2) is 0 Å². The Morgan fingerprint density at radius 2 is 2.06 bits per heavy atom. The Balaban J connectivity index is 1.95. The zero-order valence-corrected chi connectivity index (χ0v) is 12.1. The molecule has 2 aromatic rings. The number of ether oxygens (including phenoxy) is 1. The fraction of sp³-hybridized carbons (Fsp3) is 0.286. The third-order valence-corrected chi connectivity index (χ3v) is 3.15. The van der Waals surface area contributed by atoms with E-state index < -0.39 is 0 Å². The van der Waals surface area contributed by atoms with Gasteiger partial charge in [0.1, 0.15) is 17.3 Å². The summed E-state index contributed by atoms with van der Waals surface area (Å²) in [5.74, 6) is 2.77. The normalized spacial score (nSPS) is 10.6. The summed E-state index contributed by atoms with van der Waals surface area (Å²) in [4.78, 5) is 0. The molecular weight excluding hydrogens is 294 g/mol. The molecule has 0 bridgehead atoms. The zero-order valence-electron chi connectivity index (χ0n) is 10.5. The van der Waals surface area contributed by atoms with Crippen LogP contribution < -0.4 is 10.1 Å². The number of furan rings is 1. The highest BCUT2D eigenvalue weighted by molar-refractivity contribution is 9.10. The number of halogens is 1. The van der Waals surface area contributed by atoms with Crippen molar-refractivity contribution in [2.45, 2.75) is 20.0 Å². The van der Waals surface area contributed by atoms with Crippen molar-refractivity contribution in [2.24, 2.45) is 0 Å². The van der Waals surface area contributed by atoms with Crippen molar-refractivity contribution in [2.75, 3.05) is 7.11 Å². The van der Waals surface area contributed by atoms with E-state index in [0.717, 1.165) is 33.9 Å². The smallest absolute Gasteiger partial charge is 0.123 e. The van der Waals surface area contributed by atoms with Gasteiger partial charge in [0.25, 0.3) is 0 Å². The maximum atomic E-state index is 5.50. The van der Waals surface area contributed by atoms with Gasteiger partial charge in [0, 0.05) is 16.6 Å². The van der Waals surface area contributed by atoms with E-state index in [-0.39, 0.29) is 0 Å². The highest BCUT2D eigenvalue weighted by Gasteiger charge is 2.04. The molecule has 96 valence electrons. The van der Waals surface area contributed by atoms with Crippen molar-refractivity contribution in [3.05, 3.63) is 51.9 Å². The van der Waals surface area contributed by atoms with E-state index in [2.05, 4.69) is 27.3 Å². The predicted octanol–water partition coefficient (Wildman–Crippen LogP) is 3.65. The second kappa shape index (κ2) is 6.07. The molecule has 3 nitrogen and oxygen atoms in total. The molecule has 1 heterocycles. The van der Waals surface area contributed by atoms with E-state index in [0.29, 0.717) is 6.54 Å². The van der Waals surface area contributed by atoms with Crippen LogP contribution in [-0.4, -0.2) is 7.11 Å². The highest BCUT2D eigenvalue weighted by Crippen LogP contribution is 2.22. The average Bonchev–Trinajstić information content (AvgIpc) is 2.75. The number of benzene rings is 1. The molecule has 0 aliphatic carbocycles. The third kappa shape index (κ3) is 3.37. The third-order valence-electron chi connectivity index (χ3n) is 2.65. The summed E-state index contributed by atoms with van der Waals surface area (Å²) < 4.78 is 11.9. The summed E-state index contributed by atoms with van der Waals surface area (Å²) in [6.45, 7) is 3.40. The van der Waals surface area contributed by atoms with E-state index in [1.54, 1.807) is 7.11 Å².